The Morgan fingerprint density at radius 3 is 2.32 bits per heavy atom. The molecular formula is C19H27N3O3. The molecular weight excluding hydrogens is 318 g/mol. The standard InChI is InChI=1S/C19H27N3O3/c1-2-25-18(23)15-7-9-16(10-8-15)20-19(24)22-13-11-21(12-14-22)17-5-3-4-6-17/h7-10,17H,2-6,11-14H2,1H3,(H,20,24). The van der Waals surface area contributed by atoms with E-state index < -0.39 is 0 Å². The molecule has 1 saturated carbocycles. The number of nitrogens with zero attached hydrogens (tertiary/aromatic N) is 2. The second-order valence-electron chi connectivity index (χ2n) is 6.69. The summed E-state index contributed by atoms with van der Waals surface area (Å²) in [6, 6.07) is 7.46. The minimum atomic E-state index is -0.344. The molecule has 136 valence electrons. The van der Waals surface area contributed by atoms with Crippen molar-refractivity contribution in [3.05, 3.63) is 29.8 Å². The van der Waals surface area contributed by atoms with Gasteiger partial charge < -0.3 is 15.0 Å². The maximum Gasteiger partial charge on any atom is 0.338 e. The van der Waals surface area contributed by atoms with Crippen molar-refractivity contribution in [1.82, 2.24) is 9.80 Å². The highest BCUT2D eigenvalue weighted by atomic mass is 16.5. The van der Waals surface area contributed by atoms with Gasteiger partial charge in [-0.05, 0) is 44.0 Å². The van der Waals surface area contributed by atoms with Crippen LogP contribution in [0.4, 0.5) is 10.5 Å². The molecule has 1 N–H and O–H groups in total. The Labute approximate surface area is 149 Å². The lowest BCUT2D eigenvalue weighted by Gasteiger charge is -2.38. The van der Waals surface area contributed by atoms with E-state index in [9.17, 15) is 9.59 Å². The number of anilines is 1. The van der Waals surface area contributed by atoms with Gasteiger partial charge in [-0.25, -0.2) is 9.59 Å². The van der Waals surface area contributed by atoms with Crippen LogP contribution in [0.5, 0.6) is 0 Å². The fourth-order valence-corrected chi connectivity index (χ4v) is 3.67. The van der Waals surface area contributed by atoms with Crippen molar-refractivity contribution in [2.45, 2.75) is 38.6 Å². The average molecular weight is 345 g/mol. The summed E-state index contributed by atoms with van der Waals surface area (Å²) in [5, 5.41) is 2.91. The van der Waals surface area contributed by atoms with E-state index in [2.05, 4.69) is 10.2 Å². The number of urea groups is 1. The van der Waals surface area contributed by atoms with E-state index >= 15 is 0 Å². The SMILES string of the molecule is CCOC(=O)c1ccc(NC(=O)N2CCN(C3CCCC3)CC2)cc1. The third-order valence-corrected chi connectivity index (χ3v) is 5.09. The zero-order valence-corrected chi connectivity index (χ0v) is 14.9. The monoisotopic (exact) mass is 345 g/mol. The van der Waals surface area contributed by atoms with Crippen LogP contribution < -0.4 is 5.32 Å². The van der Waals surface area contributed by atoms with E-state index in [0.717, 1.165) is 32.2 Å². The molecule has 1 aromatic rings. The highest BCUT2D eigenvalue weighted by molar-refractivity contribution is 5.92. The molecule has 2 amide bonds. The van der Waals surface area contributed by atoms with Crippen molar-refractivity contribution in [2.75, 3.05) is 38.1 Å². The van der Waals surface area contributed by atoms with Gasteiger partial charge in [-0.2, -0.15) is 0 Å². The van der Waals surface area contributed by atoms with Crippen molar-refractivity contribution in [1.29, 1.82) is 0 Å². The minimum absolute atomic E-state index is 0.0741. The van der Waals surface area contributed by atoms with Crippen LogP contribution in [0.25, 0.3) is 0 Å². The summed E-state index contributed by atoms with van der Waals surface area (Å²) in [7, 11) is 0. The van der Waals surface area contributed by atoms with E-state index in [1.165, 1.54) is 25.7 Å². The number of piperazine rings is 1. The van der Waals surface area contributed by atoms with Gasteiger partial charge in [-0.1, -0.05) is 12.8 Å². The Bertz CT molecular complexity index is 588. The van der Waals surface area contributed by atoms with Gasteiger partial charge in [0.25, 0.3) is 0 Å². The topological polar surface area (TPSA) is 61.9 Å². The molecule has 1 saturated heterocycles. The molecule has 1 aliphatic heterocycles. The summed E-state index contributed by atoms with van der Waals surface area (Å²) in [5.74, 6) is -0.344. The fraction of sp³-hybridized carbons (Fsp3) is 0.579. The maximum atomic E-state index is 12.4. The molecule has 2 fully saturated rings. The first-order valence-corrected chi connectivity index (χ1v) is 9.24. The molecule has 25 heavy (non-hydrogen) atoms. The van der Waals surface area contributed by atoms with Crippen LogP contribution in [-0.4, -0.2) is 60.6 Å². The van der Waals surface area contributed by atoms with Crippen LogP contribution in [0.15, 0.2) is 24.3 Å². The molecule has 0 bridgehead atoms. The minimum Gasteiger partial charge on any atom is -0.462 e. The summed E-state index contributed by atoms with van der Waals surface area (Å²) in [6.07, 6.45) is 5.29. The predicted octanol–water partition coefficient (Wildman–Crippen LogP) is 2.96. The molecule has 1 aromatic carbocycles. The van der Waals surface area contributed by atoms with E-state index in [1.54, 1.807) is 31.2 Å². The van der Waals surface area contributed by atoms with Crippen molar-refractivity contribution < 1.29 is 14.3 Å². The predicted molar refractivity (Wildman–Crippen MR) is 96.8 cm³/mol. The van der Waals surface area contributed by atoms with Crippen LogP contribution in [0.1, 0.15) is 43.0 Å². The van der Waals surface area contributed by atoms with Gasteiger partial charge in [0.2, 0.25) is 0 Å². The Morgan fingerprint density at radius 2 is 1.72 bits per heavy atom. The quantitative estimate of drug-likeness (QED) is 0.852. The first-order valence-electron chi connectivity index (χ1n) is 9.24. The number of amides is 2. The first-order chi connectivity index (χ1) is 12.2. The maximum absolute atomic E-state index is 12.4. The smallest absolute Gasteiger partial charge is 0.338 e. The van der Waals surface area contributed by atoms with Crippen molar-refractivity contribution >= 4 is 17.7 Å². The number of benzene rings is 1. The lowest BCUT2D eigenvalue weighted by molar-refractivity contribution is 0.0526. The van der Waals surface area contributed by atoms with Gasteiger partial charge in [-0.3, -0.25) is 4.90 Å². The Kier molecular flexibility index (Phi) is 5.91. The van der Waals surface area contributed by atoms with Gasteiger partial charge in [0, 0.05) is 37.9 Å². The molecule has 3 rings (SSSR count). The Hall–Kier alpha value is -2.08. The average Bonchev–Trinajstić information content (AvgIpc) is 3.17. The number of ether oxygens (including phenoxy) is 1. The molecule has 1 aliphatic carbocycles. The molecule has 0 unspecified atom stereocenters. The van der Waals surface area contributed by atoms with Crippen LogP contribution in [0, 0.1) is 0 Å². The number of carbonyl (C=O) groups excluding carboxylic acids is 2. The number of rotatable bonds is 4. The fourth-order valence-electron chi connectivity index (χ4n) is 3.67. The number of carbonyl (C=O) groups is 2. The molecule has 1 heterocycles. The number of nitrogens with one attached hydrogen (secondary N) is 1. The normalized spacial score (nSPS) is 19.0. The zero-order valence-electron chi connectivity index (χ0n) is 14.9. The second-order valence-corrected chi connectivity index (χ2v) is 6.69. The third-order valence-electron chi connectivity index (χ3n) is 5.09. The number of esters is 1. The van der Waals surface area contributed by atoms with E-state index in [4.69, 9.17) is 4.74 Å². The van der Waals surface area contributed by atoms with Gasteiger partial charge in [-0.15, -0.1) is 0 Å². The molecule has 0 aromatic heterocycles. The van der Waals surface area contributed by atoms with Crippen LogP contribution >= 0.6 is 0 Å². The third kappa shape index (κ3) is 4.51. The summed E-state index contributed by atoms with van der Waals surface area (Å²) in [5.41, 5.74) is 1.18. The summed E-state index contributed by atoms with van der Waals surface area (Å²) >= 11 is 0. The van der Waals surface area contributed by atoms with E-state index in [1.807, 2.05) is 4.90 Å². The van der Waals surface area contributed by atoms with Crippen molar-refractivity contribution in [3.8, 4) is 0 Å². The molecule has 0 radical (unpaired) electrons. The van der Waals surface area contributed by atoms with E-state index in [-0.39, 0.29) is 12.0 Å². The molecule has 0 spiro atoms. The van der Waals surface area contributed by atoms with Crippen LogP contribution in [0.2, 0.25) is 0 Å². The second kappa shape index (κ2) is 8.34. The van der Waals surface area contributed by atoms with Crippen LogP contribution in [0.3, 0.4) is 0 Å². The van der Waals surface area contributed by atoms with Gasteiger partial charge in [0.05, 0.1) is 12.2 Å². The summed E-state index contributed by atoms with van der Waals surface area (Å²) in [4.78, 5) is 28.5. The molecule has 0 atom stereocenters. The molecule has 2 aliphatic rings. The van der Waals surface area contributed by atoms with Crippen LogP contribution in [-0.2, 0) is 4.74 Å². The lowest BCUT2D eigenvalue weighted by Crippen LogP contribution is -2.52. The molecule has 6 nitrogen and oxygen atoms in total. The van der Waals surface area contributed by atoms with Gasteiger partial charge in [0.1, 0.15) is 0 Å². The van der Waals surface area contributed by atoms with E-state index in [0.29, 0.717) is 17.9 Å². The highest BCUT2D eigenvalue weighted by Crippen LogP contribution is 2.24. The van der Waals surface area contributed by atoms with Gasteiger partial charge >= 0.3 is 12.0 Å². The lowest BCUT2D eigenvalue weighted by atomic mass is 10.2. The highest BCUT2D eigenvalue weighted by Gasteiger charge is 2.27. The zero-order chi connectivity index (χ0) is 17.6. The Morgan fingerprint density at radius 1 is 1.08 bits per heavy atom. The summed E-state index contributed by atoms with van der Waals surface area (Å²) < 4.78 is 4.96. The van der Waals surface area contributed by atoms with Gasteiger partial charge in [0.15, 0.2) is 0 Å². The first kappa shape index (κ1) is 17.7. The van der Waals surface area contributed by atoms with Crippen molar-refractivity contribution in [3.63, 3.8) is 0 Å². The van der Waals surface area contributed by atoms with Crippen molar-refractivity contribution in [2.24, 2.45) is 0 Å². The number of hydrogen-bond acceptors (Lipinski definition) is 4. The summed E-state index contributed by atoms with van der Waals surface area (Å²) in [6.45, 7) is 5.58. The number of hydrogen-bond donors (Lipinski definition) is 1. The largest absolute Gasteiger partial charge is 0.462 e. The Balaban J connectivity index is 1.48. The molecule has 6 heteroatoms.